The first-order chi connectivity index (χ1) is 14.6. The van der Waals surface area contributed by atoms with E-state index >= 15 is 0 Å². The average Bonchev–Trinajstić information content (AvgIpc) is 3.33. The summed E-state index contributed by atoms with van der Waals surface area (Å²) in [5, 5.41) is 7.70. The lowest BCUT2D eigenvalue weighted by atomic mass is 10.0. The van der Waals surface area contributed by atoms with Gasteiger partial charge in [-0.3, -0.25) is 14.7 Å². The van der Waals surface area contributed by atoms with E-state index in [4.69, 9.17) is 9.47 Å². The van der Waals surface area contributed by atoms with Crippen molar-refractivity contribution in [2.75, 3.05) is 19.1 Å². The van der Waals surface area contributed by atoms with Gasteiger partial charge < -0.3 is 9.47 Å². The summed E-state index contributed by atoms with van der Waals surface area (Å²) in [7, 11) is 3.15. The molecule has 0 unspecified atom stereocenters. The second kappa shape index (κ2) is 6.70. The van der Waals surface area contributed by atoms with Crippen molar-refractivity contribution < 1.29 is 19.1 Å². The molecule has 0 saturated heterocycles. The average molecular weight is 400 g/mol. The Hall–Kier alpha value is -4.20. The number of benzene rings is 2. The second-order valence-corrected chi connectivity index (χ2v) is 6.72. The number of carbonyl (C=O) groups is 2. The maximum absolute atomic E-state index is 13.3. The van der Waals surface area contributed by atoms with Crippen molar-refractivity contribution in [2.24, 2.45) is 0 Å². The van der Waals surface area contributed by atoms with Gasteiger partial charge in [-0.2, -0.15) is 5.10 Å². The van der Waals surface area contributed by atoms with Gasteiger partial charge in [0.15, 0.2) is 5.65 Å². The van der Waals surface area contributed by atoms with E-state index in [9.17, 15) is 9.59 Å². The zero-order chi connectivity index (χ0) is 20.8. The summed E-state index contributed by atoms with van der Waals surface area (Å²) in [4.78, 5) is 31.8. The summed E-state index contributed by atoms with van der Waals surface area (Å²) >= 11 is 0. The Bertz CT molecular complexity index is 1290. The van der Waals surface area contributed by atoms with Gasteiger partial charge in [0, 0.05) is 11.8 Å². The van der Waals surface area contributed by atoms with Crippen LogP contribution in [0.3, 0.4) is 0 Å². The first-order valence-electron chi connectivity index (χ1n) is 9.16. The lowest BCUT2D eigenvalue weighted by molar-refractivity contribution is 0.0926. The van der Waals surface area contributed by atoms with Crippen LogP contribution in [0.15, 0.2) is 54.7 Å². The summed E-state index contributed by atoms with van der Waals surface area (Å²) in [5.74, 6) is 0.513. The van der Waals surface area contributed by atoms with Crippen molar-refractivity contribution >= 4 is 28.5 Å². The number of rotatable bonds is 4. The highest BCUT2D eigenvalue weighted by molar-refractivity contribution is 6.38. The Morgan fingerprint density at radius 2 is 1.50 bits per heavy atom. The first kappa shape index (κ1) is 17.9. The van der Waals surface area contributed by atoms with Crippen molar-refractivity contribution in [3.63, 3.8) is 0 Å². The fraction of sp³-hybridized carbons (Fsp3) is 0.0909. The van der Waals surface area contributed by atoms with Gasteiger partial charge in [-0.1, -0.05) is 0 Å². The van der Waals surface area contributed by atoms with E-state index in [2.05, 4.69) is 15.2 Å². The number of nitrogens with zero attached hydrogens (tertiary/aromatic N) is 3. The SMILES string of the molecule is COc1ccc(-c2[nH]nc3ncc4c(c23)C(=O)N(c2ccc(OC)cc2)C4=O)cc1. The molecule has 0 spiro atoms. The lowest BCUT2D eigenvalue weighted by Crippen LogP contribution is -2.29. The Balaban J connectivity index is 1.66. The number of hydrogen-bond donors (Lipinski definition) is 1. The number of aromatic nitrogens is 3. The van der Waals surface area contributed by atoms with Gasteiger partial charge in [-0.05, 0) is 48.5 Å². The highest BCUT2D eigenvalue weighted by Gasteiger charge is 2.40. The van der Waals surface area contributed by atoms with Crippen LogP contribution in [0.2, 0.25) is 0 Å². The molecule has 0 saturated carbocycles. The number of amides is 2. The number of pyridine rings is 1. The molecule has 0 radical (unpaired) electrons. The summed E-state index contributed by atoms with van der Waals surface area (Å²) in [6.45, 7) is 0. The molecule has 0 fully saturated rings. The number of ether oxygens (including phenoxy) is 2. The van der Waals surface area contributed by atoms with Crippen LogP contribution >= 0.6 is 0 Å². The predicted octanol–water partition coefficient (Wildman–Crippen LogP) is 3.44. The monoisotopic (exact) mass is 400 g/mol. The maximum atomic E-state index is 13.3. The standard InChI is InChI=1S/C22H16N4O4/c1-29-14-7-3-12(4-8-14)19-18-17-16(11-23-20(18)25-24-19)21(27)26(22(17)28)13-5-9-15(30-2)10-6-13/h3-11H,1-2H3,(H,23,24,25). The van der Waals surface area contributed by atoms with Gasteiger partial charge in [-0.15, -0.1) is 0 Å². The van der Waals surface area contributed by atoms with Gasteiger partial charge in [0.1, 0.15) is 11.5 Å². The van der Waals surface area contributed by atoms with Gasteiger partial charge >= 0.3 is 0 Å². The molecule has 148 valence electrons. The van der Waals surface area contributed by atoms with Gasteiger partial charge in [-0.25, -0.2) is 9.88 Å². The molecule has 4 aromatic rings. The minimum absolute atomic E-state index is 0.250. The van der Waals surface area contributed by atoms with E-state index in [1.807, 2.05) is 24.3 Å². The number of hydrogen-bond acceptors (Lipinski definition) is 6. The molecule has 2 aromatic carbocycles. The molecule has 3 heterocycles. The highest BCUT2D eigenvalue weighted by Crippen LogP contribution is 2.37. The third kappa shape index (κ3) is 2.54. The molecule has 1 aliphatic heterocycles. The molecule has 2 amide bonds. The minimum Gasteiger partial charge on any atom is -0.497 e. The van der Waals surface area contributed by atoms with E-state index in [1.165, 1.54) is 6.20 Å². The number of H-pyrrole nitrogens is 1. The largest absolute Gasteiger partial charge is 0.497 e. The molecular formula is C22H16N4O4. The summed E-state index contributed by atoms with van der Waals surface area (Å²) in [5.41, 5.74) is 2.80. The number of carbonyl (C=O) groups excluding carboxylic acids is 2. The normalized spacial score (nSPS) is 13.1. The van der Waals surface area contributed by atoms with Crippen LogP contribution in [0.5, 0.6) is 11.5 Å². The van der Waals surface area contributed by atoms with E-state index in [0.29, 0.717) is 39.5 Å². The smallest absolute Gasteiger partial charge is 0.267 e. The molecule has 1 aliphatic rings. The highest BCUT2D eigenvalue weighted by atomic mass is 16.5. The van der Waals surface area contributed by atoms with Crippen molar-refractivity contribution in [1.29, 1.82) is 0 Å². The molecule has 30 heavy (non-hydrogen) atoms. The van der Waals surface area contributed by atoms with Crippen LogP contribution in [0.25, 0.3) is 22.3 Å². The molecule has 0 atom stereocenters. The molecule has 0 aliphatic carbocycles. The summed E-state index contributed by atoms with van der Waals surface area (Å²) in [6, 6.07) is 14.1. The fourth-order valence-corrected chi connectivity index (χ4v) is 3.63. The van der Waals surface area contributed by atoms with Crippen molar-refractivity contribution in [3.8, 4) is 22.8 Å². The Labute approximate surface area is 171 Å². The Kier molecular flexibility index (Phi) is 3.99. The molecule has 1 N–H and O–H groups in total. The Morgan fingerprint density at radius 3 is 2.13 bits per heavy atom. The maximum Gasteiger partial charge on any atom is 0.267 e. The van der Waals surface area contributed by atoms with Gasteiger partial charge in [0.2, 0.25) is 0 Å². The third-order valence-corrected chi connectivity index (χ3v) is 5.14. The van der Waals surface area contributed by atoms with Crippen molar-refractivity contribution in [2.45, 2.75) is 0 Å². The van der Waals surface area contributed by atoms with Gasteiger partial charge in [0.25, 0.3) is 11.8 Å². The zero-order valence-corrected chi connectivity index (χ0v) is 16.2. The van der Waals surface area contributed by atoms with Crippen molar-refractivity contribution in [3.05, 3.63) is 65.9 Å². The van der Waals surface area contributed by atoms with Crippen LogP contribution < -0.4 is 14.4 Å². The lowest BCUT2D eigenvalue weighted by Gasteiger charge is -2.14. The van der Waals surface area contributed by atoms with Crippen LogP contribution in [-0.2, 0) is 0 Å². The predicted molar refractivity (Wildman–Crippen MR) is 110 cm³/mol. The number of imide groups is 1. The zero-order valence-electron chi connectivity index (χ0n) is 16.2. The van der Waals surface area contributed by atoms with Crippen LogP contribution in [-0.4, -0.2) is 41.2 Å². The Morgan fingerprint density at radius 1 is 0.867 bits per heavy atom. The van der Waals surface area contributed by atoms with Crippen LogP contribution in [0.4, 0.5) is 5.69 Å². The van der Waals surface area contributed by atoms with Crippen LogP contribution in [0.1, 0.15) is 20.7 Å². The molecule has 0 bridgehead atoms. The second-order valence-electron chi connectivity index (χ2n) is 6.72. The van der Waals surface area contributed by atoms with E-state index in [-0.39, 0.29) is 5.56 Å². The van der Waals surface area contributed by atoms with Crippen LogP contribution in [0, 0.1) is 0 Å². The number of nitrogens with one attached hydrogen (secondary N) is 1. The number of aromatic amines is 1. The molecule has 2 aromatic heterocycles. The topological polar surface area (TPSA) is 97.4 Å². The van der Waals surface area contributed by atoms with E-state index < -0.39 is 11.8 Å². The van der Waals surface area contributed by atoms with E-state index in [0.717, 1.165) is 10.5 Å². The van der Waals surface area contributed by atoms with Crippen molar-refractivity contribution in [1.82, 2.24) is 15.2 Å². The third-order valence-electron chi connectivity index (χ3n) is 5.14. The summed E-state index contributed by atoms with van der Waals surface area (Å²) < 4.78 is 10.4. The molecule has 8 nitrogen and oxygen atoms in total. The molecular weight excluding hydrogens is 384 g/mol. The first-order valence-corrected chi connectivity index (χ1v) is 9.16. The quantitative estimate of drug-likeness (QED) is 0.527. The molecule has 5 rings (SSSR count). The number of methoxy groups -OCH3 is 2. The summed E-state index contributed by atoms with van der Waals surface area (Å²) in [6.07, 6.45) is 1.40. The van der Waals surface area contributed by atoms with Gasteiger partial charge in [0.05, 0.1) is 42.1 Å². The number of anilines is 1. The minimum atomic E-state index is -0.420. The molecule has 8 heteroatoms. The fourth-order valence-electron chi connectivity index (χ4n) is 3.63. The number of fused-ring (bicyclic) bond motifs is 3. The van der Waals surface area contributed by atoms with E-state index in [1.54, 1.807) is 38.5 Å².